The molecule has 0 heterocycles. The number of thioether (sulfide) groups is 1. The molecule has 0 saturated heterocycles. The van der Waals surface area contributed by atoms with E-state index in [0.717, 1.165) is 11.6 Å². The molecule has 0 saturated carbocycles. The maximum atomic E-state index is 12.9. The van der Waals surface area contributed by atoms with Gasteiger partial charge in [-0.1, -0.05) is 35.9 Å². The highest BCUT2D eigenvalue weighted by Crippen LogP contribution is 2.34. The van der Waals surface area contributed by atoms with Gasteiger partial charge in [-0.05, 0) is 36.8 Å². The summed E-state index contributed by atoms with van der Waals surface area (Å²) in [5.41, 5.74) is -0.0954. The molecule has 24 heavy (non-hydrogen) atoms. The lowest BCUT2D eigenvalue weighted by molar-refractivity contribution is -0.137. The normalized spacial score (nSPS) is 12.7. The van der Waals surface area contributed by atoms with E-state index in [1.54, 1.807) is 19.1 Å². The van der Waals surface area contributed by atoms with Crippen LogP contribution in [0.3, 0.4) is 0 Å². The van der Waals surface area contributed by atoms with Gasteiger partial charge in [0.1, 0.15) is 0 Å². The molecule has 0 aromatic heterocycles. The molecule has 1 atom stereocenters. The molecule has 0 bridgehead atoms. The zero-order chi connectivity index (χ0) is 17.7. The smallest absolute Gasteiger partial charge is 0.325 e. The summed E-state index contributed by atoms with van der Waals surface area (Å²) >= 11 is 7.14. The van der Waals surface area contributed by atoms with E-state index in [4.69, 9.17) is 11.6 Å². The van der Waals surface area contributed by atoms with Crippen LogP contribution >= 0.6 is 23.4 Å². The van der Waals surface area contributed by atoms with Crippen LogP contribution in [0.2, 0.25) is 5.02 Å². The minimum atomic E-state index is -4.51. The van der Waals surface area contributed by atoms with Gasteiger partial charge in [-0.25, -0.2) is 0 Å². The molecule has 2 nitrogen and oxygen atoms in total. The van der Waals surface area contributed by atoms with Crippen molar-refractivity contribution in [2.24, 2.45) is 0 Å². The lowest BCUT2D eigenvalue weighted by Crippen LogP contribution is -2.24. The van der Waals surface area contributed by atoms with Crippen LogP contribution in [0.15, 0.2) is 48.5 Å². The average Bonchev–Trinajstić information content (AvgIpc) is 2.53. The first-order chi connectivity index (χ1) is 11.3. The number of benzene rings is 2. The highest BCUT2D eigenvalue weighted by Gasteiger charge is 2.33. The van der Waals surface area contributed by atoms with E-state index in [1.165, 1.54) is 30.0 Å². The molecule has 0 fully saturated rings. The number of alkyl halides is 3. The Balaban J connectivity index is 1.98. The Morgan fingerprint density at radius 1 is 1.17 bits per heavy atom. The molecule has 128 valence electrons. The molecule has 1 N–H and O–H groups in total. The summed E-state index contributed by atoms with van der Waals surface area (Å²) in [6.45, 7) is 1.66. The minimum absolute atomic E-state index is 0.228. The summed E-state index contributed by atoms with van der Waals surface area (Å²) in [5.74, 6) is 0.0952. The summed E-state index contributed by atoms with van der Waals surface area (Å²) in [7, 11) is 0. The van der Waals surface area contributed by atoms with Crippen LogP contribution in [-0.4, -0.2) is 11.2 Å². The summed E-state index contributed by atoms with van der Waals surface area (Å²) in [5, 5.41) is 2.49. The summed E-state index contributed by atoms with van der Waals surface area (Å²) in [6.07, 6.45) is -4.51. The second-order valence-corrected chi connectivity index (χ2v) is 6.88. The number of anilines is 1. The first-order valence-corrected chi connectivity index (χ1v) is 8.53. The number of halogens is 4. The Hall–Kier alpha value is -1.66. The predicted octanol–water partition coefficient (Wildman–Crippen LogP) is 5.62. The largest absolute Gasteiger partial charge is 0.418 e. The summed E-state index contributed by atoms with van der Waals surface area (Å²) < 4.78 is 38.8. The number of hydrogen-bond donors (Lipinski definition) is 1. The molecule has 2 rings (SSSR count). The predicted molar refractivity (Wildman–Crippen MR) is 92.3 cm³/mol. The van der Waals surface area contributed by atoms with E-state index in [1.807, 2.05) is 12.1 Å². The van der Waals surface area contributed by atoms with Crippen LogP contribution in [0, 0.1) is 0 Å². The molecular formula is C17H15ClF3NOS. The Morgan fingerprint density at radius 3 is 2.42 bits per heavy atom. The fourth-order valence-electron chi connectivity index (χ4n) is 1.95. The third-order valence-corrected chi connectivity index (χ3v) is 4.74. The van der Waals surface area contributed by atoms with Crippen molar-refractivity contribution in [3.63, 3.8) is 0 Å². The highest BCUT2D eigenvalue weighted by molar-refractivity contribution is 7.99. The molecule has 2 aromatic carbocycles. The van der Waals surface area contributed by atoms with E-state index < -0.39 is 22.9 Å². The maximum Gasteiger partial charge on any atom is 0.418 e. The second kappa shape index (κ2) is 7.94. The zero-order valence-electron chi connectivity index (χ0n) is 12.7. The SMILES string of the molecule is C[C@H](SCc1ccc(Cl)cc1)C(=O)Nc1ccccc1C(F)(F)F. The first kappa shape index (κ1) is 18.7. The van der Waals surface area contributed by atoms with Crippen molar-refractivity contribution in [3.05, 3.63) is 64.7 Å². The Morgan fingerprint density at radius 2 is 1.79 bits per heavy atom. The molecule has 0 aliphatic carbocycles. The Bertz CT molecular complexity index is 704. The number of para-hydroxylation sites is 1. The van der Waals surface area contributed by atoms with E-state index in [9.17, 15) is 18.0 Å². The van der Waals surface area contributed by atoms with Gasteiger partial charge in [0.25, 0.3) is 0 Å². The van der Waals surface area contributed by atoms with Gasteiger partial charge < -0.3 is 5.32 Å². The van der Waals surface area contributed by atoms with Gasteiger partial charge in [-0.2, -0.15) is 13.2 Å². The van der Waals surface area contributed by atoms with Crippen LogP contribution in [0.4, 0.5) is 18.9 Å². The van der Waals surface area contributed by atoms with Crippen LogP contribution in [0.5, 0.6) is 0 Å². The zero-order valence-corrected chi connectivity index (χ0v) is 14.3. The van der Waals surface area contributed by atoms with E-state index in [2.05, 4.69) is 5.32 Å². The fourth-order valence-corrected chi connectivity index (χ4v) is 2.92. The first-order valence-electron chi connectivity index (χ1n) is 7.10. The van der Waals surface area contributed by atoms with Gasteiger partial charge in [0.05, 0.1) is 16.5 Å². The third-order valence-electron chi connectivity index (χ3n) is 3.27. The highest BCUT2D eigenvalue weighted by atomic mass is 35.5. The lowest BCUT2D eigenvalue weighted by Gasteiger charge is -2.16. The van der Waals surface area contributed by atoms with E-state index in [-0.39, 0.29) is 5.69 Å². The molecule has 1 amide bonds. The number of carbonyl (C=O) groups is 1. The summed E-state index contributed by atoms with van der Waals surface area (Å²) in [4.78, 5) is 12.1. The van der Waals surface area contributed by atoms with Crippen LogP contribution in [-0.2, 0) is 16.7 Å². The molecule has 0 aliphatic heterocycles. The van der Waals surface area contributed by atoms with Crippen molar-refractivity contribution >= 4 is 35.0 Å². The fraction of sp³-hybridized carbons (Fsp3) is 0.235. The van der Waals surface area contributed by atoms with Gasteiger partial charge in [0.15, 0.2) is 0 Å². The van der Waals surface area contributed by atoms with Gasteiger partial charge >= 0.3 is 6.18 Å². The number of rotatable bonds is 5. The van der Waals surface area contributed by atoms with Crippen LogP contribution < -0.4 is 5.32 Å². The molecule has 2 aromatic rings. The lowest BCUT2D eigenvalue weighted by atomic mass is 10.1. The second-order valence-electron chi connectivity index (χ2n) is 5.11. The average molecular weight is 374 g/mol. The van der Waals surface area contributed by atoms with Crippen molar-refractivity contribution < 1.29 is 18.0 Å². The van der Waals surface area contributed by atoms with Crippen molar-refractivity contribution in [1.29, 1.82) is 0 Å². The van der Waals surface area contributed by atoms with Gasteiger partial charge in [-0.3, -0.25) is 4.79 Å². The van der Waals surface area contributed by atoms with Crippen molar-refractivity contribution in [2.75, 3.05) is 5.32 Å². The van der Waals surface area contributed by atoms with E-state index in [0.29, 0.717) is 10.8 Å². The monoisotopic (exact) mass is 373 g/mol. The standard InChI is InChI=1S/C17H15ClF3NOS/c1-11(24-10-12-6-8-13(18)9-7-12)16(23)22-15-5-3-2-4-14(15)17(19,20)21/h2-9,11H,10H2,1H3,(H,22,23)/t11-/m0/s1. The minimum Gasteiger partial charge on any atom is -0.325 e. The van der Waals surface area contributed by atoms with Gasteiger partial charge in [-0.15, -0.1) is 11.8 Å². The molecule has 0 radical (unpaired) electrons. The Kier molecular flexibility index (Phi) is 6.18. The maximum absolute atomic E-state index is 12.9. The van der Waals surface area contributed by atoms with Crippen LogP contribution in [0.25, 0.3) is 0 Å². The molecule has 0 unspecified atom stereocenters. The van der Waals surface area contributed by atoms with Crippen molar-refractivity contribution in [2.45, 2.75) is 24.1 Å². The van der Waals surface area contributed by atoms with Gasteiger partial charge in [0, 0.05) is 10.8 Å². The molecular weight excluding hydrogens is 359 g/mol. The topological polar surface area (TPSA) is 29.1 Å². The van der Waals surface area contributed by atoms with Crippen molar-refractivity contribution in [1.82, 2.24) is 0 Å². The molecule has 0 aliphatic rings. The number of carbonyl (C=O) groups excluding carboxylic acids is 1. The van der Waals surface area contributed by atoms with Gasteiger partial charge in [0.2, 0.25) is 5.91 Å². The molecule has 7 heteroatoms. The Labute approximate surface area is 147 Å². The number of amides is 1. The van der Waals surface area contributed by atoms with Crippen LogP contribution in [0.1, 0.15) is 18.1 Å². The molecule has 0 spiro atoms. The van der Waals surface area contributed by atoms with Crippen molar-refractivity contribution in [3.8, 4) is 0 Å². The number of hydrogen-bond acceptors (Lipinski definition) is 2. The quantitative estimate of drug-likeness (QED) is 0.737. The summed E-state index contributed by atoms with van der Waals surface area (Å²) in [6, 6.07) is 12.1. The third kappa shape index (κ3) is 5.18. The number of nitrogens with one attached hydrogen (secondary N) is 1. The van der Waals surface area contributed by atoms with E-state index >= 15 is 0 Å².